The number of hydrogen-bond donors (Lipinski definition) is 2. The van der Waals surface area contributed by atoms with Crippen molar-refractivity contribution in [1.82, 2.24) is 10.2 Å². The van der Waals surface area contributed by atoms with Crippen molar-refractivity contribution in [3.05, 3.63) is 28.2 Å². The minimum absolute atomic E-state index is 0. The predicted molar refractivity (Wildman–Crippen MR) is 90.2 cm³/mol. The number of nitrogens with one attached hydrogen (secondary N) is 1. The minimum Gasteiger partial charge on any atom is -0.507 e. The third kappa shape index (κ3) is 4.01. The maximum absolute atomic E-state index is 9.62. The van der Waals surface area contributed by atoms with E-state index < -0.39 is 0 Å². The molecule has 2 N–H and O–H groups in total. The Morgan fingerprint density at radius 2 is 1.85 bits per heavy atom. The van der Waals surface area contributed by atoms with E-state index in [1.54, 1.807) is 6.07 Å². The van der Waals surface area contributed by atoms with E-state index in [-0.39, 0.29) is 24.8 Å². The van der Waals surface area contributed by atoms with Crippen LogP contribution in [0.4, 0.5) is 0 Å². The summed E-state index contributed by atoms with van der Waals surface area (Å²) in [6.45, 7) is 4.42. The zero-order chi connectivity index (χ0) is 12.5. The van der Waals surface area contributed by atoms with Crippen LogP contribution in [0.25, 0.3) is 0 Å². The Kier molecular flexibility index (Phi) is 7.09. The lowest BCUT2D eigenvalue weighted by molar-refractivity contribution is 0.156. The Hall–Kier alpha value is -0.000000000000000111. The van der Waals surface area contributed by atoms with Gasteiger partial charge in [-0.3, -0.25) is 4.90 Å². The van der Waals surface area contributed by atoms with Gasteiger partial charge < -0.3 is 10.4 Å². The molecule has 0 spiro atoms. The van der Waals surface area contributed by atoms with E-state index in [0.717, 1.165) is 36.6 Å². The normalized spacial score (nSPS) is 20.6. The molecule has 2 aliphatic rings. The zero-order valence-electron chi connectivity index (χ0n) is 11.2. The first kappa shape index (κ1) is 18.1. The topological polar surface area (TPSA) is 35.5 Å². The number of phenolic OH excluding ortho intramolecular Hbond substituents is 1. The molecule has 1 saturated carbocycles. The van der Waals surface area contributed by atoms with Gasteiger partial charge in [-0.2, -0.15) is 0 Å². The van der Waals surface area contributed by atoms with E-state index in [1.807, 2.05) is 0 Å². The summed E-state index contributed by atoms with van der Waals surface area (Å²) in [6.07, 6.45) is 2.68. The van der Waals surface area contributed by atoms with Gasteiger partial charge in [-0.05, 0) is 52.4 Å². The summed E-state index contributed by atoms with van der Waals surface area (Å²) in [5.41, 5.74) is 1.34. The summed E-state index contributed by atoms with van der Waals surface area (Å²) in [6, 6.07) is 6.49. The molecule has 3 nitrogen and oxygen atoms in total. The molecule has 6 heteroatoms. The first-order valence-corrected chi connectivity index (χ1v) is 7.48. The molecule has 0 radical (unpaired) electrons. The Labute approximate surface area is 141 Å². The number of aromatic hydroxyl groups is 1. The summed E-state index contributed by atoms with van der Waals surface area (Å²) in [5.74, 6) is 1.13. The molecular formula is C14H21BrCl2N2O. The molecule has 0 amide bonds. The number of halogens is 3. The molecule has 1 atom stereocenters. The van der Waals surface area contributed by atoms with Crippen molar-refractivity contribution in [2.75, 3.05) is 26.2 Å². The summed E-state index contributed by atoms with van der Waals surface area (Å²) in [5, 5.41) is 13.0. The maximum Gasteiger partial charge on any atom is 0.129 e. The quantitative estimate of drug-likeness (QED) is 0.839. The van der Waals surface area contributed by atoms with Crippen LogP contribution in [0, 0.1) is 5.92 Å². The summed E-state index contributed by atoms with van der Waals surface area (Å²) >= 11 is 3.43. The van der Waals surface area contributed by atoms with Crippen LogP contribution in [0.5, 0.6) is 5.75 Å². The van der Waals surface area contributed by atoms with Crippen molar-refractivity contribution >= 4 is 40.7 Å². The maximum atomic E-state index is 9.62. The molecule has 114 valence electrons. The van der Waals surface area contributed by atoms with E-state index in [2.05, 4.69) is 38.3 Å². The minimum atomic E-state index is 0. The van der Waals surface area contributed by atoms with Crippen LogP contribution in [0.3, 0.4) is 0 Å². The number of hydrogen-bond acceptors (Lipinski definition) is 3. The van der Waals surface area contributed by atoms with Crippen LogP contribution in [0.15, 0.2) is 22.7 Å². The Morgan fingerprint density at radius 1 is 1.20 bits per heavy atom. The van der Waals surface area contributed by atoms with Gasteiger partial charge in [0.1, 0.15) is 5.75 Å². The number of piperazine rings is 1. The second-order valence-electron chi connectivity index (χ2n) is 5.28. The predicted octanol–water partition coefficient (Wildman–Crippen LogP) is 3.35. The van der Waals surface area contributed by atoms with E-state index in [9.17, 15) is 5.11 Å². The summed E-state index contributed by atoms with van der Waals surface area (Å²) in [7, 11) is 0. The van der Waals surface area contributed by atoms with Crippen molar-refractivity contribution in [1.29, 1.82) is 0 Å². The Bertz CT molecular complexity index is 437. The first-order valence-electron chi connectivity index (χ1n) is 6.69. The van der Waals surface area contributed by atoms with Crippen molar-refractivity contribution < 1.29 is 5.11 Å². The van der Waals surface area contributed by atoms with Crippen molar-refractivity contribution in [3.8, 4) is 5.75 Å². The van der Waals surface area contributed by atoms with Gasteiger partial charge in [-0.25, -0.2) is 0 Å². The van der Waals surface area contributed by atoms with Gasteiger partial charge in [-0.15, -0.1) is 24.8 Å². The number of rotatable bonds is 3. The molecule has 0 unspecified atom stereocenters. The van der Waals surface area contributed by atoms with Crippen LogP contribution in [0.2, 0.25) is 0 Å². The van der Waals surface area contributed by atoms with Crippen LogP contribution in [-0.4, -0.2) is 36.2 Å². The molecule has 0 aromatic heterocycles. The molecule has 1 aliphatic carbocycles. The molecule has 1 saturated heterocycles. The average molecular weight is 384 g/mol. The van der Waals surface area contributed by atoms with E-state index in [0.29, 0.717) is 11.8 Å². The van der Waals surface area contributed by atoms with Gasteiger partial charge in [0.15, 0.2) is 0 Å². The largest absolute Gasteiger partial charge is 0.507 e. The fourth-order valence-electron chi connectivity index (χ4n) is 2.86. The van der Waals surface area contributed by atoms with Crippen LogP contribution in [0.1, 0.15) is 24.4 Å². The molecule has 3 rings (SSSR count). The third-order valence-corrected chi connectivity index (χ3v) is 4.56. The molecule has 20 heavy (non-hydrogen) atoms. The second-order valence-corrected chi connectivity index (χ2v) is 6.13. The van der Waals surface area contributed by atoms with Gasteiger partial charge in [0, 0.05) is 32.2 Å². The first-order chi connectivity index (χ1) is 8.75. The fourth-order valence-corrected chi connectivity index (χ4v) is 3.26. The fraction of sp³-hybridized carbons (Fsp3) is 0.571. The molecule has 1 aromatic carbocycles. The molecule has 1 aromatic rings. The number of nitrogens with zero attached hydrogens (tertiary/aromatic N) is 1. The summed E-state index contributed by atoms with van der Waals surface area (Å²) in [4.78, 5) is 2.59. The SMILES string of the molecule is Cl.Cl.Oc1ccc([C@@H](C2CC2)N2CCNCC2)cc1Br. The van der Waals surface area contributed by atoms with Gasteiger partial charge >= 0.3 is 0 Å². The van der Waals surface area contributed by atoms with Crippen LogP contribution < -0.4 is 5.32 Å². The highest BCUT2D eigenvalue weighted by Gasteiger charge is 2.36. The highest BCUT2D eigenvalue weighted by Crippen LogP contribution is 2.45. The second kappa shape index (κ2) is 7.85. The lowest BCUT2D eigenvalue weighted by Gasteiger charge is -2.35. The highest BCUT2D eigenvalue weighted by atomic mass is 79.9. The smallest absolute Gasteiger partial charge is 0.129 e. The molecule has 1 heterocycles. The summed E-state index contributed by atoms with van der Waals surface area (Å²) < 4.78 is 0.806. The molecular weight excluding hydrogens is 363 g/mol. The Balaban J connectivity index is 0.000001000. The lowest BCUT2D eigenvalue weighted by Crippen LogP contribution is -2.45. The van der Waals surface area contributed by atoms with Crippen LogP contribution in [-0.2, 0) is 0 Å². The Morgan fingerprint density at radius 3 is 2.40 bits per heavy atom. The number of phenols is 1. The third-order valence-electron chi connectivity index (χ3n) is 3.93. The monoisotopic (exact) mass is 382 g/mol. The lowest BCUT2D eigenvalue weighted by atomic mass is 9.99. The zero-order valence-corrected chi connectivity index (χ0v) is 14.4. The standard InChI is InChI=1S/C14H19BrN2O.2ClH/c15-12-9-11(3-4-13(12)18)14(10-1-2-10)17-7-5-16-6-8-17;;/h3-4,9-10,14,16,18H,1-2,5-8H2;2*1H/t14-;;/m1../s1. The van der Waals surface area contributed by atoms with Gasteiger partial charge in [0.2, 0.25) is 0 Å². The van der Waals surface area contributed by atoms with Gasteiger partial charge in [0.25, 0.3) is 0 Å². The van der Waals surface area contributed by atoms with Crippen molar-refractivity contribution in [2.45, 2.75) is 18.9 Å². The average Bonchev–Trinajstić information content (AvgIpc) is 3.20. The van der Waals surface area contributed by atoms with Crippen molar-refractivity contribution in [3.63, 3.8) is 0 Å². The van der Waals surface area contributed by atoms with E-state index in [4.69, 9.17) is 0 Å². The van der Waals surface area contributed by atoms with E-state index in [1.165, 1.54) is 18.4 Å². The van der Waals surface area contributed by atoms with Crippen molar-refractivity contribution in [2.24, 2.45) is 5.92 Å². The molecule has 2 fully saturated rings. The molecule has 0 bridgehead atoms. The highest BCUT2D eigenvalue weighted by molar-refractivity contribution is 9.10. The van der Waals surface area contributed by atoms with Gasteiger partial charge in [0.05, 0.1) is 4.47 Å². The number of benzene rings is 1. The van der Waals surface area contributed by atoms with Gasteiger partial charge in [-0.1, -0.05) is 6.07 Å². The molecule has 1 aliphatic heterocycles. The van der Waals surface area contributed by atoms with E-state index >= 15 is 0 Å². The van der Waals surface area contributed by atoms with Crippen LogP contribution >= 0.6 is 40.7 Å².